The van der Waals surface area contributed by atoms with Crippen molar-refractivity contribution in [3.63, 3.8) is 0 Å². The topological polar surface area (TPSA) is 62.0 Å². The number of amides is 1. The maximum atomic E-state index is 12.1. The van der Waals surface area contributed by atoms with Gasteiger partial charge in [0.15, 0.2) is 5.43 Å². The minimum absolute atomic E-state index is 0.0731. The number of fused-ring (bicyclic) bond motifs is 1. The lowest BCUT2D eigenvalue weighted by molar-refractivity contribution is -0.120. The minimum Gasteiger partial charge on any atom is -0.361 e. The van der Waals surface area contributed by atoms with Crippen molar-refractivity contribution in [3.8, 4) is 0 Å². The third-order valence-corrected chi connectivity index (χ3v) is 2.79. The van der Waals surface area contributed by atoms with E-state index in [0.717, 1.165) is 11.9 Å². The number of carbonyl (C=O) groups excluding carboxylic acids is 1. The van der Waals surface area contributed by atoms with Crippen LogP contribution in [0, 0.1) is 0 Å². The lowest BCUT2D eigenvalue weighted by Gasteiger charge is -2.04. The van der Waals surface area contributed by atoms with E-state index < -0.39 is 0 Å². The Balaban J connectivity index is 2.27. The van der Waals surface area contributed by atoms with Crippen LogP contribution in [-0.4, -0.2) is 17.4 Å². The van der Waals surface area contributed by atoms with Gasteiger partial charge in [0.25, 0.3) is 0 Å². The van der Waals surface area contributed by atoms with Gasteiger partial charge in [0, 0.05) is 29.2 Å². The van der Waals surface area contributed by atoms with E-state index in [1.165, 1.54) is 0 Å². The fraction of sp³-hybridized carbons (Fsp3) is 0.286. The Labute approximate surface area is 105 Å². The van der Waals surface area contributed by atoms with Gasteiger partial charge in [0.1, 0.15) is 0 Å². The summed E-state index contributed by atoms with van der Waals surface area (Å²) in [6.07, 6.45) is 2.64. The summed E-state index contributed by atoms with van der Waals surface area (Å²) >= 11 is 0. The van der Waals surface area contributed by atoms with Crippen molar-refractivity contribution in [1.82, 2.24) is 10.3 Å². The normalized spacial score (nSPS) is 10.5. The first-order valence-electron chi connectivity index (χ1n) is 6.08. The van der Waals surface area contributed by atoms with Crippen molar-refractivity contribution < 1.29 is 4.79 Å². The molecule has 0 aliphatic rings. The van der Waals surface area contributed by atoms with Crippen LogP contribution >= 0.6 is 0 Å². The van der Waals surface area contributed by atoms with E-state index in [2.05, 4.69) is 10.3 Å². The van der Waals surface area contributed by atoms with Crippen LogP contribution in [0.1, 0.15) is 18.9 Å². The van der Waals surface area contributed by atoms with Crippen molar-refractivity contribution in [1.29, 1.82) is 0 Å². The van der Waals surface area contributed by atoms with Gasteiger partial charge in [-0.05, 0) is 18.6 Å². The second-order valence-electron chi connectivity index (χ2n) is 4.22. The molecule has 1 aromatic carbocycles. The van der Waals surface area contributed by atoms with Crippen LogP contribution in [0.3, 0.4) is 0 Å². The van der Waals surface area contributed by atoms with Crippen molar-refractivity contribution in [2.75, 3.05) is 6.54 Å². The maximum absolute atomic E-state index is 12.1. The largest absolute Gasteiger partial charge is 0.361 e. The van der Waals surface area contributed by atoms with Gasteiger partial charge in [-0.2, -0.15) is 0 Å². The number of hydrogen-bond donors (Lipinski definition) is 2. The second kappa shape index (κ2) is 5.49. The third kappa shape index (κ3) is 2.59. The molecule has 1 heterocycles. The molecule has 0 atom stereocenters. The number of H-pyrrole nitrogens is 1. The van der Waals surface area contributed by atoms with Crippen LogP contribution in [0.4, 0.5) is 0 Å². The first-order chi connectivity index (χ1) is 8.72. The number of hydrogen-bond acceptors (Lipinski definition) is 2. The lowest BCUT2D eigenvalue weighted by atomic mass is 10.1. The zero-order valence-electron chi connectivity index (χ0n) is 10.3. The predicted molar refractivity (Wildman–Crippen MR) is 71.6 cm³/mol. The molecule has 1 amide bonds. The number of carbonyl (C=O) groups is 1. The van der Waals surface area contributed by atoms with E-state index in [0.29, 0.717) is 17.5 Å². The van der Waals surface area contributed by atoms with E-state index in [1.807, 2.05) is 25.1 Å². The zero-order valence-corrected chi connectivity index (χ0v) is 10.3. The summed E-state index contributed by atoms with van der Waals surface area (Å²) in [5.74, 6) is -0.113. The molecule has 18 heavy (non-hydrogen) atoms. The molecule has 4 heteroatoms. The number of nitrogens with one attached hydrogen (secondary N) is 2. The highest BCUT2D eigenvalue weighted by Gasteiger charge is 2.08. The Morgan fingerprint density at radius 3 is 2.89 bits per heavy atom. The first-order valence-corrected chi connectivity index (χ1v) is 6.08. The second-order valence-corrected chi connectivity index (χ2v) is 4.22. The van der Waals surface area contributed by atoms with Crippen LogP contribution in [0.15, 0.2) is 35.3 Å². The molecule has 0 aliphatic carbocycles. The molecular formula is C14H16N2O2. The SMILES string of the molecule is CCCNC(=O)Cc1c[nH]c2ccccc2c1=O. The van der Waals surface area contributed by atoms with Crippen molar-refractivity contribution in [3.05, 3.63) is 46.2 Å². The van der Waals surface area contributed by atoms with Gasteiger partial charge in [-0.1, -0.05) is 19.1 Å². The number of aromatic amines is 1. The van der Waals surface area contributed by atoms with Crippen LogP contribution in [-0.2, 0) is 11.2 Å². The molecule has 0 saturated carbocycles. The monoisotopic (exact) mass is 244 g/mol. The standard InChI is InChI=1S/C14H16N2O2/c1-2-7-15-13(17)8-10-9-16-12-6-4-3-5-11(12)14(10)18/h3-6,9H,2,7-8H2,1H3,(H,15,17)(H,16,18). The maximum Gasteiger partial charge on any atom is 0.224 e. The molecule has 0 bridgehead atoms. The molecule has 0 aliphatic heterocycles. The average Bonchev–Trinajstić information content (AvgIpc) is 2.40. The fourth-order valence-electron chi connectivity index (χ4n) is 1.84. The summed E-state index contributed by atoms with van der Waals surface area (Å²) in [5.41, 5.74) is 1.22. The number of aromatic nitrogens is 1. The smallest absolute Gasteiger partial charge is 0.224 e. The molecule has 1 aromatic heterocycles. The van der Waals surface area contributed by atoms with E-state index in [1.54, 1.807) is 12.3 Å². The van der Waals surface area contributed by atoms with E-state index in [4.69, 9.17) is 0 Å². The van der Waals surface area contributed by atoms with Crippen LogP contribution in [0.25, 0.3) is 10.9 Å². The Morgan fingerprint density at radius 1 is 1.33 bits per heavy atom. The molecule has 2 rings (SSSR count). The predicted octanol–water partition coefficient (Wildman–Crippen LogP) is 1.60. The van der Waals surface area contributed by atoms with E-state index in [9.17, 15) is 9.59 Å². The van der Waals surface area contributed by atoms with E-state index >= 15 is 0 Å². The summed E-state index contributed by atoms with van der Waals surface area (Å²) < 4.78 is 0. The molecular weight excluding hydrogens is 228 g/mol. The highest BCUT2D eigenvalue weighted by Crippen LogP contribution is 2.07. The summed E-state index contributed by atoms with van der Waals surface area (Å²) in [5, 5.41) is 3.39. The number of para-hydroxylation sites is 1. The molecule has 2 N–H and O–H groups in total. The highest BCUT2D eigenvalue weighted by molar-refractivity contribution is 5.82. The van der Waals surface area contributed by atoms with Gasteiger partial charge in [-0.15, -0.1) is 0 Å². The quantitative estimate of drug-likeness (QED) is 0.858. The first kappa shape index (κ1) is 12.4. The fourth-order valence-corrected chi connectivity index (χ4v) is 1.84. The Hall–Kier alpha value is -2.10. The summed E-state index contributed by atoms with van der Waals surface area (Å²) in [6.45, 7) is 2.63. The van der Waals surface area contributed by atoms with Gasteiger partial charge in [0.05, 0.1) is 6.42 Å². The van der Waals surface area contributed by atoms with Gasteiger partial charge < -0.3 is 10.3 Å². The third-order valence-electron chi connectivity index (χ3n) is 2.79. The van der Waals surface area contributed by atoms with Gasteiger partial charge >= 0.3 is 0 Å². The summed E-state index contributed by atoms with van der Waals surface area (Å²) in [4.78, 5) is 26.8. The number of benzene rings is 1. The van der Waals surface area contributed by atoms with Gasteiger partial charge in [0.2, 0.25) is 5.91 Å². The summed E-state index contributed by atoms with van der Waals surface area (Å²) in [7, 11) is 0. The molecule has 0 saturated heterocycles. The van der Waals surface area contributed by atoms with Crippen molar-refractivity contribution in [2.45, 2.75) is 19.8 Å². The molecule has 94 valence electrons. The Kier molecular flexibility index (Phi) is 3.77. The van der Waals surface area contributed by atoms with Crippen molar-refractivity contribution >= 4 is 16.8 Å². The minimum atomic E-state index is -0.113. The Morgan fingerprint density at radius 2 is 2.11 bits per heavy atom. The summed E-state index contributed by atoms with van der Waals surface area (Å²) in [6, 6.07) is 7.30. The zero-order chi connectivity index (χ0) is 13.0. The molecule has 2 aromatic rings. The van der Waals surface area contributed by atoms with E-state index in [-0.39, 0.29) is 17.8 Å². The highest BCUT2D eigenvalue weighted by atomic mass is 16.1. The molecule has 0 spiro atoms. The van der Waals surface area contributed by atoms with Crippen LogP contribution in [0.2, 0.25) is 0 Å². The van der Waals surface area contributed by atoms with Crippen molar-refractivity contribution in [2.24, 2.45) is 0 Å². The Bertz CT molecular complexity index is 616. The van der Waals surface area contributed by atoms with Crippen LogP contribution in [0.5, 0.6) is 0 Å². The number of rotatable bonds is 4. The molecule has 0 radical (unpaired) electrons. The molecule has 0 unspecified atom stereocenters. The lowest BCUT2D eigenvalue weighted by Crippen LogP contribution is -2.28. The van der Waals surface area contributed by atoms with Gasteiger partial charge in [-0.25, -0.2) is 0 Å². The molecule has 0 fully saturated rings. The van der Waals surface area contributed by atoms with Crippen LogP contribution < -0.4 is 10.7 Å². The number of pyridine rings is 1. The molecule has 4 nitrogen and oxygen atoms in total. The van der Waals surface area contributed by atoms with Gasteiger partial charge in [-0.3, -0.25) is 9.59 Å². The average molecular weight is 244 g/mol.